The molecular weight excluding hydrogens is 287 g/mol. The number of carbonyl (C=O) groups excluding carboxylic acids is 1. The SMILES string of the molecule is CCC(CC)(CCl)NC(=O)c1cc(F)cc([N+](=O)[O-])c1. The third kappa shape index (κ3) is 3.66. The highest BCUT2D eigenvalue weighted by Gasteiger charge is 2.28. The van der Waals surface area contributed by atoms with Crippen LogP contribution in [0.3, 0.4) is 0 Å². The normalized spacial score (nSPS) is 11.2. The summed E-state index contributed by atoms with van der Waals surface area (Å²) in [4.78, 5) is 22.0. The zero-order valence-electron chi connectivity index (χ0n) is 11.3. The zero-order chi connectivity index (χ0) is 15.3. The molecule has 1 amide bonds. The van der Waals surface area contributed by atoms with Crippen LogP contribution in [-0.4, -0.2) is 22.2 Å². The number of alkyl halides is 1. The molecule has 0 radical (unpaired) electrons. The topological polar surface area (TPSA) is 72.2 Å². The average Bonchev–Trinajstić information content (AvgIpc) is 2.44. The standard InChI is InChI=1S/C13H16ClFN2O3/c1-3-13(4-2,8-14)16-12(18)9-5-10(15)7-11(6-9)17(19)20/h5-7H,3-4,8H2,1-2H3,(H,16,18). The highest BCUT2D eigenvalue weighted by atomic mass is 35.5. The van der Waals surface area contributed by atoms with Crippen LogP contribution in [-0.2, 0) is 0 Å². The van der Waals surface area contributed by atoms with E-state index in [9.17, 15) is 19.3 Å². The Kier molecular flexibility index (Phi) is 5.44. The maximum Gasteiger partial charge on any atom is 0.273 e. The second kappa shape index (κ2) is 6.65. The summed E-state index contributed by atoms with van der Waals surface area (Å²) in [6.45, 7) is 3.75. The first kappa shape index (κ1) is 16.4. The molecule has 0 fully saturated rings. The van der Waals surface area contributed by atoms with Crippen LogP contribution in [0, 0.1) is 15.9 Å². The molecule has 0 aliphatic rings. The quantitative estimate of drug-likeness (QED) is 0.498. The van der Waals surface area contributed by atoms with E-state index in [2.05, 4.69) is 5.32 Å². The molecule has 0 saturated carbocycles. The Morgan fingerprint density at radius 2 is 2.00 bits per heavy atom. The summed E-state index contributed by atoms with van der Waals surface area (Å²) in [6, 6.07) is 2.78. The molecule has 0 aromatic heterocycles. The monoisotopic (exact) mass is 302 g/mol. The summed E-state index contributed by atoms with van der Waals surface area (Å²) < 4.78 is 13.3. The van der Waals surface area contributed by atoms with Gasteiger partial charge in [0.2, 0.25) is 0 Å². The van der Waals surface area contributed by atoms with E-state index in [0.29, 0.717) is 12.8 Å². The predicted molar refractivity (Wildman–Crippen MR) is 74.6 cm³/mol. The van der Waals surface area contributed by atoms with Gasteiger partial charge in [-0.05, 0) is 18.9 Å². The fourth-order valence-corrected chi connectivity index (χ4v) is 2.22. The molecule has 0 spiro atoms. The number of hydrogen-bond donors (Lipinski definition) is 1. The van der Waals surface area contributed by atoms with Gasteiger partial charge in [0.05, 0.1) is 16.5 Å². The number of non-ortho nitro benzene ring substituents is 1. The predicted octanol–water partition coefficient (Wildman–Crippen LogP) is 3.26. The molecule has 0 aliphatic heterocycles. The average molecular weight is 303 g/mol. The third-order valence-electron chi connectivity index (χ3n) is 3.34. The molecule has 0 aliphatic carbocycles. The van der Waals surface area contributed by atoms with E-state index in [0.717, 1.165) is 18.2 Å². The highest BCUT2D eigenvalue weighted by molar-refractivity contribution is 6.19. The van der Waals surface area contributed by atoms with Crippen molar-refractivity contribution in [3.05, 3.63) is 39.7 Å². The summed E-state index contributed by atoms with van der Waals surface area (Å²) in [5.41, 5.74) is -1.15. The number of nitrogens with one attached hydrogen (secondary N) is 1. The summed E-state index contributed by atoms with van der Waals surface area (Å²) in [5, 5.41) is 13.4. The van der Waals surface area contributed by atoms with Gasteiger partial charge in [0, 0.05) is 17.5 Å². The van der Waals surface area contributed by atoms with Crippen LogP contribution in [0.5, 0.6) is 0 Å². The van der Waals surface area contributed by atoms with Crippen LogP contribution in [0.1, 0.15) is 37.0 Å². The Morgan fingerprint density at radius 3 is 2.45 bits per heavy atom. The van der Waals surface area contributed by atoms with Gasteiger partial charge in [-0.25, -0.2) is 4.39 Å². The second-order valence-corrected chi connectivity index (χ2v) is 4.80. The van der Waals surface area contributed by atoms with E-state index >= 15 is 0 Å². The molecule has 0 heterocycles. The van der Waals surface area contributed by atoms with Crippen LogP contribution in [0.4, 0.5) is 10.1 Å². The summed E-state index contributed by atoms with van der Waals surface area (Å²) in [6.07, 6.45) is 1.21. The molecule has 1 aromatic carbocycles. The summed E-state index contributed by atoms with van der Waals surface area (Å²) in [5.74, 6) is -1.19. The summed E-state index contributed by atoms with van der Waals surface area (Å²) in [7, 11) is 0. The van der Waals surface area contributed by atoms with Gasteiger partial charge in [-0.3, -0.25) is 14.9 Å². The van der Waals surface area contributed by atoms with Gasteiger partial charge < -0.3 is 5.32 Å². The van der Waals surface area contributed by atoms with Crippen LogP contribution >= 0.6 is 11.6 Å². The van der Waals surface area contributed by atoms with Gasteiger partial charge in [0.25, 0.3) is 11.6 Å². The minimum atomic E-state index is -0.825. The van der Waals surface area contributed by atoms with Gasteiger partial charge in [-0.15, -0.1) is 11.6 Å². The number of nitro groups is 1. The number of benzene rings is 1. The van der Waals surface area contributed by atoms with Gasteiger partial charge in [0.15, 0.2) is 0 Å². The molecule has 0 unspecified atom stereocenters. The van der Waals surface area contributed by atoms with Crippen molar-refractivity contribution in [3.8, 4) is 0 Å². The molecule has 0 bridgehead atoms. The van der Waals surface area contributed by atoms with Crippen molar-refractivity contribution < 1.29 is 14.1 Å². The Balaban J connectivity index is 3.06. The Morgan fingerprint density at radius 1 is 1.40 bits per heavy atom. The van der Waals surface area contributed by atoms with E-state index in [1.54, 1.807) is 0 Å². The van der Waals surface area contributed by atoms with Crippen molar-refractivity contribution in [3.63, 3.8) is 0 Å². The van der Waals surface area contributed by atoms with Crippen molar-refractivity contribution in [2.24, 2.45) is 0 Å². The first-order valence-electron chi connectivity index (χ1n) is 6.21. The van der Waals surface area contributed by atoms with Crippen molar-refractivity contribution >= 4 is 23.2 Å². The van der Waals surface area contributed by atoms with Gasteiger partial charge in [-0.2, -0.15) is 0 Å². The van der Waals surface area contributed by atoms with Gasteiger partial charge in [0.1, 0.15) is 5.82 Å². The maximum absolute atomic E-state index is 13.3. The fraction of sp³-hybridized carbons (Fsp3) is 0.462. The molecule has 7 heteroatoms. The zero-order valence-corrected chi connectivity index (χ0v) is 12.0. The fourth-order valence-electron chi connectivity index (χ4n) is 1.77. The minimum Gasteiger partial charge on any atom is -0.345 e. The first-order valence-corrected chi connectivity index (χ1v) is 6.74. The lowest BCUT2D eigenvalue weighted by Crippen LogP contribution is -2.49. The second-order valence-electron chi connectivity index (χ2n) is 4.53. The molecular formula is C13H16ClFN2O3. The largest absolute Gasteiger partial charge is 0.345 e. The summed E-state index contributed by atoms with van der Waals surface area (Å²) >= 11 is 5.87. The highest BCUT2D eigenvalue weighted by Crippen LogP contribution is 2.20. The third-order valence-corrected chi connectivity index (χ3v) is 3.86. The smallest absolute Gasteiger partial charge is 0.273 e. The van der Waals surface area contributed by atoms with Crippen molar-refractivity contribution in [2.75, 3.05) is 5.88 Å². The molecule has 1 N–H and O–H groups in total. The van der Waals surface area contributed by atoms with E-state index in [4.69, 9.17) is 11.6 Å². The van der Waals surface area contributed by atoms with Crippen LogP contribution in [0.15, 0.2) is 18.2 Å². The molecule has 20 heavy (non-hydrogen) atoms. The number of amides is 1. The lowest BCUT2D eigenvalue weighted by molar-refractivity contribution is -0.385. The molecule has 5 nitrogen and oxygen atoms in total. The van der Waals surface area contributed by atoms with Crippen molar-refractivity contribution in [1.29, 1.82) is 0 Å². The number of rotatable bonds is 6. The molecule has 1 rings (SSSR count). The van der Waals surface area contributed by atoms with Crippen LogP contribution in [0.2, 0.25) is 0 Å². The minimum absolute atomic E-state index is 0.0897. The molecule has 1 aromatic rings. The Labute approximate surface area is 121 Å². The van der Waals surface area contributed by atoms with Gasteiger partial charge >= 0.3 is 0 Å². The number of hydrogen-bond acceptors (Lipinski definition) is 3. The number of carbonyl (C=O) groups is 1. The molecule has 110 valence electrons. The first-order chi connectivity index (χ1) is 9.37. The number of nitro benzene ring substituents is 1. The Hall–Kier alpha value is -1.69. The maximum atomic E-state index is 13.3. The van der Waals surface area contributed by atoms with Gasteiger partial charge in [-0.1, -0.05) is 13.8 Å². The van der Waals surface area contributed by atoms with E-state index in [1.165, 1.54) is 0 Å². The van der Waals surface area contributed by atoms with Crippen molar-refractivity contribution in [1.82, 2.24) is 5.32 Å². The number of halogens is 2. The van der Waals surface area contributed by atoms with E-state index < -0.39 is 27.9 Å². The molecule has 0 saturated heterocycles. The van der Waals surface area contributed by atoms with Crippen LogP contribution in [0.25, 0.3) is 0 Å². The Bertz CT molecular complexity index is 510. The lowest BCUT2D eigenvalue weighted by atomic mass is 9.94. The lowest BCUT2D eigenvalue weighted by Gasteiger charge is -2.30. The number of nitrogens with zero attached hydrogens (tertiary/aromatic N) is 1. The molecule has 0 atom stereocenters. The van der Waals surface area contributed by atoms with E-state index in [-0.39, 0.29) is 11.4 Å². The van der Waals surface area contributed by atoms with Crippen molar-refractivity contribution in [2.45, 2.75) is 32.2 Å². The van der Waals surface area contributed by atoms with Crippen LogP contribution < -0.4 is 5.32 Å². The van der Waals surface area contributed by atoms with E-state index in [1.807, 2.05) is 13.8 Å².